The minimum Gasteiger partial charge on any atom is -0.267 e. The third-order valence-electron chi connectivity index (χ3n) is 2.83. The maximum Gasteiger partial charge on any atom is 0.280 e. The van der Waals surface area contributed by atoms with Crippen LogP contribution in [0.25, 0.3) is 11.0 Å². The second-order valence-corrected chi connectivity index (χ2v) is 6.15. The molecule has 3 aromatic rings. The minimum atomic E-state index is -0.265. The first kappa shape index (κ1) is 14.5. The number of thioether (sulfide) groups is 1. The Hall–Kier alpha value is -1.44. The van der Waals surface area contributed by atoms with Crippen molar-refractivity contribution in [3.63, 3.8) is 0 Å². The third kappa shape index (κ3) is 2.68. The van der Waals surface area contributed by atoms with Gasteiger partial charge < -0.3 is 0 Å². The molecule has 0 bridgehead atoms. The average molecular weight is 384 g/mol. The van der Waals surface area contributed by atoms with Gasteiger partial charge in [0.05, 0.1) is 11.6 Å². The largest absolute Gasteiger partial charge is 0.280 e. The molecular formula is C13H8BrClN4OS. The van der Waals surface area contributed by atoms with E-state index in [2.05, 4.69) is 31.0 Å². The molecule has 0 spiro atoms. The van der Waals surface area contributed by atoms with Crippen molar-refractivity contribution in [1.29, 1.82) is 0 Å². The summed E-state index contributed by atoms with van der Waals surface area (Å²) in [5, 5.41) is 5.43. The maximum atomic E-state index is 12.5. The van der Waals surface area contributed by atoms with E-state index in [1.165, 1.54) is 22.6 Å². The van der Waals surface area contributed by atoms with E-state index in [0.717, 1.165) is 4.47 Å². The van der Waals surface area contributed by atoms with Gasteiger partial charge in [-0.15, -0.1) is 0 Å². The summed E-state index contributed by atoms with van der Waals surface area (Å²) in [6, 6.07) is 7.04. The van der Waals surface area contributed by atoms with Gasteiger partial charge in [0, 0.05) is 10.0 Å². The van der Waals surface area contributed by atoms with E-state index in [-0.39, 0.29) is 5.91 Å². The maximum absolute atomic E-state index is 12.5. The van der Waals surface area contributed by atoms with Crippen molar-refractivity contribution in [3.05, 3.63) is 45.7 Å². The van der Waals surface area contributed by atoms with Gasteiger partial charge in [-0.1, -0.05) is 39.3 Å². The lowest BCUT2D eigenvalue weighted by molar-refractivity contribution is 0.0949. The summed E-state index contributed by atoms with van der Waals surface area (Å²) in [7, 11) is 0. The number of hydrogen-bond donors (Lipinski definition) is 0. The highest BCUT2D eigenvalue weighted by Gasteiger charge is 2.17. The molecule has 0 fully saturated rings. The molecule has 0 saturated carbocycles. The fourth-order valence-corrected chi connectivity index (χ4v) is 2.70. The van der Waals surface area contributed by atoms with Gasteiger partial charge in [-0.2, -0.15) is 9.78 Å². The SMILES string of the molecule is CSc1nc(Cl)c2cnn(C(=O)c3ccc(Br)cc3)c2n1. The smallest absolute Gasteiger partial charge is 0.267 e. The summed E-state index contributed by atoms with van der Waals surface area (Å²) in [6.07, 6.45) is 3.34. The lowest BCUT2D eigenvalue weighted by Crippen LogP contribution is -2.14. The number of fused-ring (bicyclic) bond motifs is 1. The minimum absolute atomic E-state index is 0.265. The van der Waals surface area contributed by atoms with Crippen LogP contribution >= 0.6 is 39.3 Å². The van der Waals surface area contributed by atoms with E-state index in [1.807, 2.05) is 6.26 Å². The van der Waals surface area contributed by atoms with Crippen LogP contribution in [0.2, 0.25) is 5.15 Å². The molecule has 0 aliphatic carbocycles. The Kier molecular flexibility index (Phi) is 3.97. The van der Waals surface area contributed by atoms with Gasteiger partial charge in [0.1, 0.15) is 5.15 Å². The van der Waals surface area contributed by atoms with Gasteiger partial charge in [0.25, 0.3) is 5.91 Å². The van der Waals surface area contributed by atoms with Crippen LogP contribution < -0.4 is 0 Å². The predicted molar refractivity (Wildman–Crippen MR) is 86.0 cm³/mol. The number of halogens is 2. The number of benzene rings is 1. The van der Waals surface area contributed by atoms with Crippen LogP contribution in [0.1, 0.15) is 10.4 Å². The van der Waals surface area contributed by atoms with E-state index in [1.54, 1.807) is 24.3 Å². The van der Waals surface area contributed by atoms with Crippen molar-refractivity contribution in [2.75, 3.05) is 6.26 Å². The number of hydrogen-bond acceptors (Lipinski definition) is 5. The topological polar surface area (TPSA) is 60.7 Å². The van der Waals surface area contributed by atoms with Gasteiger partial charge in [-0.05, 0) is 30.5 Å². The number of carbonyl (C=O) groups excluding carboxylic acids is 1. The Balaban J connectivity index is 2.14. The molecular weight excluding hydrogens is 376 g/mol. The predicted octanol–water partition coefficient (Wildman–Crippen LogP) is 3.65. The van der Waals surface area contributed by atoms with E-state index in [0.29, 0.717) is 26.9 Å². The Morgan fingerprint density at radius 3 is 2.67 bits per heavy atom. The third-order valence-corrected chi connectivity index (χ3v) is 4.19. The van der Waals surface area contributed by atoms with E-state index in [4.69, 9.17) is 11.6 Å². The molecule has 0 aliphatic rings. The first-order valence-corrected chi connectivity index (χ1v) is 8.25. The molecule has 3 rings (SSSR count). The quantitative estimate of drug-likeness (QED) is 0.384. The molecule has 0 aliphatic heterocycles. The summed E-state index contributed by atoms with van der Waals surface area (Å²) in [6.45, 7) is 0. The molecule has 0 atom stereocenters. The molecule has 0 saturated heterocycles. The summed E-state index contributed by atoms with van der Waals surface area (Å²) in [5.41, 5.74) is 0.927. The van der Waals surface area contributed by atoms with Gasteiger partial charge in [0.15, 0.2) is 10.8 Å². The standard InChI is InChI=1S/C13H8BrClN4OS/c1-21-13-17-10(15)9-6-16-19(11(9)18-13)12(20)7-2-4-8(14)5-3-7/h2-6H,1H3. The van der Waals surface area contributed by atoms with Crippen LogP contribution in [-0.4, -0.2) is 31.9 Å². The number of nitrogens with zero attached hydrogens (tertiary/aromatic N) is 4. The highest BCUT2D eigenvalue weighted by molar-refractivity contribution is 9.10. The second kappa shape index (κ2) is 5.75. The highest BCUT2D eigenvalue weighted by Crippen LogP contribution is 2.23. The van der Waals surface area contributed by atoms with E-state index in [9.17, 15) is 4.79 Å². The van der Waals surface area contributed by atoms with Crippen molar-refractivity contribution in [1.82, 2.24) is 19.7 Å². The molecule has 2 heterocycles. The summed E-state index contributed by atoms with van der Waals surface area (Å²) in [4.78, 5) is 21.0. The molecule has 0 N–H and O–H groups in total. The number of carbonyl (C=O) groups is 1. The molecule has 0 radical (unpaired) electrons. The van der Waals surface area contributed by atoms with Gasteiger partial charge >= 0.3 is 0 Å². The fourth-order valence-electron chi connectivity index (χ4n) is 1.81. The fraction of sp³-hybridized carbons (Fsp3) is 0.0769. The van der Waals surface area contributed by atoms with E-state index >= 15 is 0 Å². The molecule has 1 aromatic carbocycles. The molecule has 106 valence electrons. The van der Waals surface area contributed by atoms with Crippen molar-refractivity contribution in [2.45, 2.75) is 5.16 Å². The lowest BCUT2D eigenvalue weighted by Gasteiger charge is -2.03. The Labute approximate surface area is 137 Å². The molecule has 8 heteroatoms. The summed E-state index contributed by atoms with van der Waals surface area (Å²) < 4.78 is 2.14. The van der Waals surface area contributed by atoms with Crippen molar-refractivity contribution in [3.8, 4) is 0 Å². The zero-order valence-electron chi connectivity index (χ0n) is 10.7. The van der Waals surface area contributed by atoms with Gasteiger partial charge in [-0.25, -0.2) is 9.97 Å². The number of aromatic nitrogens is 4. The Morgan fingerprint density at radius 2 is 2.00 bits per heavy atom. The normalized spacial score (nSPS) is 11.0. The van der Waals surface area contributed by atoms with Crippen LogP contribution in [0.4, 0.5) is 0 Å². The van der Waals surface area contributed by atoms with Crippen molar-refractivity contribution in [2.24, 2.45) is 0 Å². The Morgan fingerprint density at radius 1 is 1.29 bits per heavy atom. The molecule has 21 heavy (non-hydrogen) atoms. The summed E-state index contributed by atoms with van der Waals surface area (Å²) >= 11 is 10.8. The number of rotatable bonds is 2. The first-order valence-electron chi connectivity index (χ1n) is 5.85. The van der Waals surface area contributed by atoms with Gasteiger partial charge in [0.2, 0.25) is 0 Å². The van der Waals surface area contributed by atoms with Crippen LogP contribution in [0.5, 0.6) is 0 Å². The van der Waals surface area contributed by atoms with E-state index < -0.39 is 0 Å². The average Bonchev–Trinajstić information content (AvgIpc) is 2.91. The van der Waals surface area contributed by atoms with Crippen LogP contribution in [-0.2, 0) is 0 Å². The zero-order chi connectivity index (χ0) is 15.0. The van der Waals surface area contributed by atoms with Crippen LogP contribution in [0, 0.1) is 0 Å². The lowest BCUT2D eigenvalue weighted by atomic mass is 10.2. The van der Waals surface area contributed by atoms with Crippen LogP contribution in [0.3, 0.4) is 0 Å². The van der Waals surface area contributed by atoms with Crippen molar-refractivity contribution < 1.29 is 4.79 Å². The summed E-state index contributed by atoms with van der Waals surface area (Å²) in [5.74, 6) is -0.265. The molecule has 2 aromatic heterocycles. The second-order valence-electron chi connectivity index (χ2n) is 4.11. The first-order chi connectivity index (χ1) is 10.1. The highest BCUT2D eigenvalue weighted by atomic mass is 79.9. The van der Waals surface area contributed by atoms with Crippen LogP contribution in [0.15, 0.2) is 40.1 Å². The zero-order valence-corrected chi connectivity index (χ0v) is 13.9. The molecule has 0 amide bonds. The Bertz CT molecular complexity index is 834. The molecule has 5 nitrogen and oxygen atoms in total. The molecule has 0 unspecified atom stereocenters. The monoisotopic (exact) mass is 382 g/mol. The van der Waals surface area contributed by atoms with Crippen molar-refractivity contribution >= 4 is 56.2 Å². The van der Waals surface area contributed by atoms with Gasteiger partial charge in [-0.3, -0.25) is 4.79 Å².